The number of para-hydroxylation sites is 2. The molecule has 1 aliphatic rings. The Morgan fingerprint density at radius 1 is 1.10 bits per heavy atom. The van der Waals surface area contributed by atoms with Crippen molar-refractivity contribution >= 4 is 23.5 Å². The summed E-state index contributed by atoms with van der Waals surface area (Å²) in [5, 5.41) is 16.4. The molecule has 2 aromatic rings. The first-order valence-electron chi connectivity index (χ1n) is 9.58. The number of methoxy groups -OCH3 is 1. The van der Waals surface area contributed by atoms with Gasteiger partial charge in [0.2, 0.25) is 0 Å². The molecule has 0 heterocycles. The molecule has 8 heteroatoms. The molecule has 0 amide bonds. The van der Waals surface area contributed by atoms with Gasteiger partial charge in [-0.3, -0.25) is 0 Å². The van der Waals surface area contributed by atoms with Crippen LogP contribution in [0.25, 0.3) is 0 Å². The predicted molar refractivity (Wildman–Crippen MR) is 118 cm³/mol. The summed E-state index contributed by atoms with van der Waals surface area (Å²) in [7, 11) is 5.85. The van der Waals surface area contributed by atoms with Crippen molar-refractivity contribution in [2.45, 2.75) is 12.5 Å². The molecule has 1 aliphatic carbocycles. The van der Waals surface area contributed by atoms with Crippen LogP contribution in [-0.4, -0.2) is 54.8 Å². The molecule has 166 valence electrons. The molecule has 2 N–H and O–H groups in total. The summed E-state index contributed by atoms with van der Waals surface area (Å²) in [5.41, 5.74) is 2.51. The number of carbonyl (C=O) groups is 2. The average Bonchev–Trinajstić information content (AvgIpc) is 3.03. The zero-order valence-electron chi connectivity index (χ0n) is 17.6. The zero-order valence-corrected chi connectivity index (χ0v) is 18.4. The van der Waals surface area contributed by atoms with Gasteiger partial charge in [0.1, 0.15) is 6.10 Å². The molecule has 0 aliphatic heterocycles. The van der Waals surface area contributed by atoms with Gasteiger partial charge in [-0.1, -0.05) is 29.8 Å². The third-order valence-electron chi connectivity index (χ3n) is 4.62. The monoisotopic (exact) mass is 447 g/mol. The van der Waals surface area contributed by atoms with Gasteiger partial charge in [0, 0.05) is 29.6 Å². The molecule has 7 nitrogen and oxygen atoms in total. The normalized spacial score (nSPS) is 17.1. The van der Waals surface area contributed by atoms with Crippen molar-refractivity contribution < 1.29 is 29.3 Å². The number of hydrogen-bond donors (Lipinski definition) is 2. The lowest BCUT2D eigenvalue weighted by Gasteiger charge is -2.25. The molecular weight excluding hydrogens is 422 g/mol. The van der Waals surface area contributed by atoms with Crippen molar-refractivity contribution in [1.29, 1.82) is 0 Å². The van der Waals surface area contributed by atoms with Crippen LogP contribution in [0.5, 0.6) is 11.5 Å². The van der Waals surface area contributed by atoms with Gasteiger partial charge in [-0.05, 0) is 55.9 Å². The average molecular weight is 448 g/mol. The lowest BCUT2D eigenvalue weighted by Crippen LogP contribution is -2.27. The van der Waals surface area contributed by atoms with Crippen LogP contribution < -0.4 is 9.47 Å². The number of carboxylic acid groups (broad SMARTS) is 2. The van der Waals surface area contributed by atoms with E-state index in [-0.39, 0.29) is 6.10 Å². The Morgan fingerprint density at radius 3 is 2.26 bits per heavy atom. The van der Waals surface area contributed by atoms with Gasteiger partial charge < -0.3 is 24.6 Å². The summed E-state index contributed by atoms with van der Waals surface area (Å²) in [4.78, 5) is 21.3. The highest BCUT2D eigenvalue weighted by atomic mass is 35.5. The molecule has 0 spiro atoms. The smallest absolute Gasteiger partial charge is 0.328 e. The van der Waals surface area contributed by atoms with Crippen LogP contribution in [0.4, 0.5) is 0 Å². The van der Waals surface area contributed by atoms with Crippen LogP contribution >= 0.6 is 11.6 Å². The highest BCUT2D eigenvalue weighted by Gasteiger charge is 2.35. The fourth-order valence-electron chi connectivity index (χ4n) is 3.44. The van der Waals surface area contributed by atoms with Crippen LogP contribution in [-0.2, 0) is 16.0 Å². The summed E-state index contributed by atoms with van der Waals surface area (Å²) in [6.07, 6.45) is 2.11. The Hall–Kier alpha value is -3.03. The third-order valence-corrected chi connectivity index (χ3v) is 4.85. The first-order chi connectivity index (χ1) is 14.7. The number of benzene rings is 2. The van der Waals surface area contributed by atoms with Gasteiger partial charge in [0.05, 0.1) is 7.11 Å². The van der Waals surface area contributed by atoms with E-state index in [0.717, 1.165) is 29.5 Å². The number of aliphatic carboxylic acids is 2. The maximum Gasteiger partial charge on any atom is 0.328 e. The number of hydrogen-bond acceptors (Lipinski definition) is 5. The SMILES string of the molecule is COc1ccccc1O[C@@H]1c2cc(Cl)ccc2C[C@@H]1CN(C)C.O=C(O)C=CC(=O)O. The van der Waals surface area contributed by atoms with E-state index in [9.17, 15) is 9.59 Å². The zero-order chi connectivity index (χ0) is 23.0. The Balaban J connectivity index is 0.000000366. The molecule has 0 fully saturated rings. The molecule has 0 unspecified atom stereocenters. The van der Waals surface area contributed by atoms with Crippen molar-refractivity contribution in [3.63, 3.8) is 0 Å². The van der Waals surface area contributed by atoms with Crippen molar-refractivity contribution in [3.8, 4) is 11.5 Å². The lowest BCUT2D eigenvalue weighted by atomic mass is 10.0. The second kappa shape index (κ2) is 11.4. The molecular formula is C23H26ClNO6. The van der Waals surface area contributed by atoms with E-state index in [2.05, 4.69) is 25.1 Å². The quantitative estimate of drug-likeness (QED) is 0.621. The number of halogens is 1. The van der Waals surface area contributed by atoms with Crippen molar-refractivity contribution in [2.24, 2.45) is 5.92 Å². The van der Waals surface area contributed by atoms with E-state index in [1.807, 2.05) is 36.4 Å². The summed E-state index contributed by atoms with van der Waals surface area (Å²) in [6.45, 7) is 0.964. The summed E-state index contributed by atoms with van der Waals surface area (Å²) in [6, 6.07) is 13.9. The van der Waals surface area contributed by atoms with E-state index in [0.29, 0.717) is 18.1 Å². The van der Waals surface area contributed by atoms with Gasteiger partial charge in [-0.25, -0.2) is 9.59 Å². The molecule has 0 saturated heterocycles. The minimum Gasteiger partial charge on any atom is -0.493 e. The summed E-state index contributed by atoms with van der Waals surface area (Å²) < 4.78 is 11.8. The fourth-order valence-corrected chi connectivity index (χ4v) is 3.63. The predicted octanol–water partition coefficient (Wildman–Crippen LogP) is 3.91. The van der Waals surface area contributed by atoms with Crippen LogP contribution in [0.1, 0.15) is 17.2 Å². The van der Waals surface area contributed by atoms with Crippen molar-refractivity contribution in [2.75, 3.05) is 27.7 Å². The van der Waals surface area contributed by atoms with Crippen molar-refractivity contribution in [3.05, 3.63) is 70.8 Å². The number of carboxylic acids is 2. The molecule has 0 saturated carbocycles. The largest absolute Gasteiger partial charge is 0.493 e. The maximum absolute atomic E-state index is 9.55. The molecule has 0 radical (unpaired) electrons. The molecule has 2 aromatic carbocycles. The maximum atomic E-state index is 9.55. The molecule has 31 heavy (non-hydrogen) atoms. The molecule has 0 aromatic heterocycles. The van der Waals surface area contributed by atoms with Gasteiger partial charge >= 0.3 is 11.9 Å². The Kier molecular flexibility index (Phi) is 8.90. The number of rotatable bonds is 7. The fraction of sp³-hybridized carbons (Fsp3) is 0.304. The van der Waals surface area contributed by atoms with Crippen LogP contribution in [0.3, 0.4) is 0 Å². The standard InChI is InChI=1S/C19H22ClNO2.C4H4O4/c1-21(2)12-14-10-13-8-9-15(20)11-16(13)19(14)23-18-7-5-4-6-17(18)22-3;5-3(6)1-2-4(7)8/h4-9,11,14,19H,10,12H2,1-3H3;1-2H,(H,5,6)(H,7,8)/t14-,19+;/m1./s1. The second-order valence-corrected chi connectivity index (χ2v) is 7.71. The Labute approximate surface area is 186 Å². The first-order valence-corrected chi connectivity index (χ1v) is 9.95. The van der Waals surface area contributed by atoms with E-state index in [4.69, 9.17) is 31.3 Å². The van der Waals surface area contributed by atoms with Crippen LogP contribution in [0.2, 0.25) is 5.02 Å². The summed E-state index contributed by atoms with van der Waals surface area (Å²) >= 11 is 6.21. The van der Waals surface area contributed by atoms with E-state index in [1.54, 1.807) is 7.11 Å². The van der Waals surface area contributed by atoms with Gasteiger partial charge in [-0.15, -0.1) is 0 Å². The summed E-state index contributed by atoms with van der Waals surface area (Å²) in [5.74, 6) is -0.591. The number of ether oxygens (including phenoxy) is 2. The highest BCUT2D eigenvalue weighted by Crippen LogP contribution is 2.42. The van der Waals surface area contributed by atoms with Crippen LogP contribution in [0.15, 0.2) is 54.6 Å². The van der Waals surface area contributed by atoms with Crippen LogP contribution in [0, 0.1) is 5.92 Å². The topological polar surface area (TPSA) is 96.3 Å². The Bertz CT molecular complexity index is 927. The lowest BCUT2D eigenvalue weighted by molar-refractivity contribution is -0.134. The van der Waals surface area contributed by atoms with Gasteiger partial charge in [-0.2, -0.15) is 0 Å². The second-order valence-electron chi connectivity index (χ2n) is 7.27. The number of nitrogens with zero attached hydrogens (tertiary/aromatic N) is 1. The Morgan fingerprint density at radius 2 is 1.71 bits per heavy atom. The molecule has 0 bridgehead atoms. The van der Waals surface area contributed by atoms with Crippen molar-refractivity contribution in [1.82, 2.24) is 4.90 Å². The highest BCUT2D eigenvalue weighted by molar-refractivity contribution is 6.30. The first kappa shape index (κ1) is 24.2. The number of fused-ring (bicyclic) bond motifs is 1. The molecule has 3 rings (SSSR count). The van der Waals surface area contributed by atoms with E-state index < -0.39 is 11.9 Å². The molecule has 2 atom stereocenters. The minimum absolute atomic E-state index is 0.0117. The van der Waals surface area contributed by atoms with E-state index >= 15 is 0 Å². The van der Waals surface area contributed by atoms with E-state index in [1.165, 1.54) is 11.1 Å². The third kappa shape index (κ3) is 7.31. The van der Waals surface area contributed by atoms with Gasteiger partial charge in [0.15, 0.2) is 11.5 Å². The minimum atomic E-state index is -1.26. The van der Waals surface area contributed by atoms with Gasteiger partial charge in [0.25, 0.3) is 0 Å².